The zero-order valence-electron chi connectivity index (χ0n) is 14.5. The summed E-state index contributed by atoms with van der Waals surface area (Å²) < 4.78 is 5.71. The van der Waals surface area contributed by atoms with Crippen molar-refractivity contribution in [1.82, 2.24) is 10.2 Å². The number of anilines is 2. The van der Waals surface area contributed by atoms with Crippen molar-refractivity contribution in [3.63, 3.8) is 0 Å². The highest BCUT2D eigenvalue weighted by molar-refractivity contribution is 7.18. The van der Waals surface area contributed by atoms with Gasteiger partial charge in [0.2, 0.25) is 0 Å². The molecular formula is C19H22ClN3O2S. The van der Waals surface area contributed by atoms with Crippen molar-refractivity contribution in [1.29, 1.82) is 0 Å². The molecule has 2 aliphatic heterocycles. The Morgan fingerprint density at radius 3 is 2.88 bits per heavy atom. The van der Waals surface area contributed by atoms with E-state index in [4.69, 9.17) is 16.3 Å². The highest BCUT2D eigenvalue weighted by atomic mass is 35.5. The van der Waals surface area contributed by atoms with Crippen molar-refractivity contribution in [3.05, 3.63) is 40.2 Å². The number of hydrogen-bond donors (Lipinski definition) is 1. The highest BCUT2D eigenvalue weighted by Crippen LogP contribution is 2.40. The van der Waals surface area contributed by atoms with Crippen molar-refractivity contribution in [3.8, 4) is 5.75 Å². The summed E-state index contributed by atoms with van der Waals surface area (Å²) in [5.74, 6) is 0.825. The smallest absolute Gasteiger partial charge is 0.261 e. The molecule has 0 bridgehead atoms. The Morgan fingerprint density at radius 1 is 1.19 bits per heavy atom. The van der Waals surface area contributed by atoms with Gasteiger partial charge < -0.3 is 19.9 Å². The first-order valence-electron chi connectivity index (χ1n) is 9.01. The molecule has 1 fully saturated rings. The molecule has 4 rings (SSSR count). The van der Waals surface area contributed by atoms with Crippen LogP contribution < -0.4 is 15.0 Å². The lowest BCUT2D eigenvalue weighted by Gasteiger charge is -2.30. The number of hydrogen-bond acceptors (Lipinski definition) is 5. The molecule has 2 aliphatic rings. The number of carbonyl (C=O) groups is 1. The fraction of sp³-hybridized carbons (Fsp3) is 0.421. The molecule has 0 aliphatic carbocycles. The largest absolute Gasteiger partial charge is 0.490 e. The standard InChI is InChI=1S/C19H22ClN3O2S/c20-14-3-4-16-15(13-14)23(11-12-25-16)18-6-5-17(26-18)19(24)21-7-10-22-8-1-2-9-22/h3-6,13H,1-2,7-12H2,(H,21,24). The van der Waals surface area contributed by atoms with E-state index in [2.05, 4.69) is 15.1 Å². The second kappa shape index (κ2) is 7.86. The third-order valence-corrected chi connectivity index (χ3v) is 6.12. The molecule has 7 heteroatoms. The maximum Gasteiger partial charge on any atom is 0.261 e. The molecular weight excluding hydrogens is 370 g/mol. The Balaban J connectivity index is 1.41. The number of ether oxygens (including phenoxy) is 1. The van der Waals surface area contributed by atoms with Gasteiger partial charge in [-0.05, 0) is 56.3 Å². The maximum absolute atomic E-state index is 12.4. The van der Waals surface area contributed by atoms with Crippen LogP contribution in [0, 0.1) is 0 Å². The minimum absolute atomic E-state index is 0.0000222. The van der Waals surface area contributed by atoms with E-state index in [9.17, 15) is 4.79 Å². The molecule has 2 aromatic rings. The summed E-state index contributed by atoms with van der Waals surface area (Å²) in [6.07, 6.45) is 2.54. The van der Waals surface area contributed by atoms with E-state index in [1.807, 2.05) is 30.3 Å². The summed E-state index contributed by atoms with van der Waals surface area (Å²) in [5, 5.41) is 4.74. The van der Waals surface area contributed by atoms with Crippen LogP contribution in [0.2, 0.25) is 5.02 Å². The van der Waals surface area contributed by atoms with Crippen LogP contribution in [0.3, 0.4) is 0 Å². The lowest BCUT2D eigenvalue weighted by molar-refractivity contribution is 0.0954. The maximum atomic E-state index is 12.4. The van der Waals surface area contributed by atoms with Gasteiger partial charge in [0.05, 0.1) is 22.1 Å². The van der Waals surface area contributed by atoms with Crippen molar-refractivity contribution < 1.29 is 9.53 Å². The van der Waals surface area contributed by atoms with Crippen LogP contribution in [0.4, 0.5) is 10.7 Å². The van der Waals surface area contributed by atoms with E-state index in [-0.39, 0.29) is 5.91 Å². The van der Waals surface area contributed by atoms with Crippen LogP contribution in [0.25, 0.3) is 0 Å². The number of nitrogens with zero attached hydrogens (tertiary/aromatic N) is 2. The predicted molar refractivity (Wildman–Crippen MR) is 106 cm³/mol. The van der Waals surface area contributed by atoms with Crippen molar-refractivity contribution in [2.24, 2.45) is 0 Å². The average molecular weight is 392 g/mol. The van der Waals surface area contributed by atoms with Gasteiger partial charge >= 0.3 is 0 Å². The van der Waals surface area contributed by atoms with Crippen LogP contribution in [-0.2, 0) is 0 Å². The Morgan fingerprint density at radius 2 is 2.04 bits per heavy atom. The van der Waals surface area contributed by atoms with Gasteiger partial charge in [-0.15, -0.1) is 11.3 Å². The zero-order valence-corrected chi connectivity index (χ0v) is 16.1. The number of halogens is 1. The normalized spacial score (nSPS) is 17.0. The molecule has 5 nitrogen and oxygen atoms in total. The van der Waals surface area contributed by atoms with E-state index in [1.54, 1.807) is 0 Å². The lowest BCUT2D eigenvalue weighted by Crippen LogP contribution is -2.33. The Kier molecular flexibility index (Phi) is 5.33. The van der Waals surface area contributed by atoms with Gasteiger partial charge in [0, 0.05) is 18.1 Å². The van der Waals surface area contributed by atoms with E-state index >= 15 is 0 Å². The molecule has 0 unspecified atom stereocenters. The molecule has 1 saturated heterocycles. The summed E-state index contributed by atoms with van der Waals surface area (Å²) in [4.78, 5) is 17.7. The van der Waals surface area contributed by atoms with Crippen molar-refractivity contribution >= 4 is 39.5 Å². The third-order valence-electron chi connectivity index (χ3n) is 4.78. The van der Waals surface area contributed by atoms with Crippen LogP contribution >= 0.6 is 22.9 Å². The molecule has 0 spiro atoms. The first-order chi connectivity index (χ1) is 12.7. The van der Waals surface area contributed by atoms with Gasteiger partial charge in [0.1, 0.15) is 12.4 Å². The summed E-state index contributed by atoms with van der Waals surface area (Å²) in [6.45, 7) is 5.28. The quantitative estimate of drug-likeness (QED) is 0.842. The van der Waals surface area contributed by atoms with Gasteiger partial charge in [-0.1, -0.05) is 11.6 Å². The number of amides is 1. The SMILES string of the molecule is O=C(NCCN1CCCC1)c1ccc(N2CCOc3ccc(Cl)cc32)s1. The summed E-state index contributed by atoms with van der Waals surface area (Å²) >= 11 is 7.65. The second-order valence-electron chi connectivity index (χ2n) is 6.55. The van der Waals surface area contributed by atoms with E-state index in [1.165, 1.54) is 24.2 Å². The Bertz CT molecular complexity index is 789. The monoisotopic (exact) mass is 391 g/mol. The molecule has 1 amide bonds. The average Bonchev–Trinajstić information content (AvgIpc) is 3.33. The Hall–Kier alpha value is -1.76. The fourth-order valence-electron chi connectivity index (χ4n) is 3.44. The summed E-state index contributed by atoms with van der Waals surface area (Å²) in [7, 11) is 0. The van der Waals surface area contributed by atoms with Gasteiger partial charge in [-0.3, -0.25) is 4.79 Å². The van der Waals surface area contributed by atoms with Gasteiger partial charge in [0.25, 0.3) is 5.91 Å². The topological polar surface area (TPSA) is 44.8 Å². The molecule has 1 aromatic carbocycles. The molecule has 0 saturated carbocycles. The van der Waals surface area contributed by atoms with E-state index in [0.717, 1.165) is 47.5 Å². The summed E-state index contributed by atoms with van der Waals surface area (Å²) in [5.41, 5.74) is 0.951. The van der Waals surface area contributed by atoms with Crippen molar-refractivity contribution in [2.75, 3.05) is 44.2 Å². The molecule has 0 radical (unpaired) electrons. The van der Waals surface area contributed by atoms with Crippen LogP contribution in [0.1, 0.15) is 22.5 Å². The first kappa shape index (κ1) is 17.6. The number of nitrogens with one attached hydrogen (secondary N) is 1. The van der Waals surface area contributed by atoms with Gasteiger partial charge in [-0.2, -0.15) is 0 Å². The van der Waals surface area contributed by atoms with Crippen molar-refractivity contribution in [2.45, 2.75) is 12.8 Å². The number of rotatable bonds is 5. The molecule has 0 atom stereocenters. The van der Waals surface area contributed by atoms with Crippen LogP contribution in [0.5, 0.6) is 5.75 Å². The molecule has 26 heavy (non-hydrogen) atoms. The minimum Gasteiger partial charge on any atom is -0.490 e. The lowest BCUT2D eigenvalue weighted by atomic mass is 10.2. The second-order valence-corrected chi connectivity index (χ2v) is 8.05. The van der Waals surface area contributed by atoms with Crippen LogP contribution in [-0.4, -0.2) is 50.1 Å². The van der Waals surface area contributed by atoms with Crippen LogP contribution in [0.15, 0.2) is 30.3 Å². The predicted octanol–water partition coefficient (Wildman–Crippen LogP) is 3.76. The fourth-order valence-corrected chi connectivity index (χ4v) is 4.56. The third kappa shape index (κ3) is 3.82. The molecule has 1 aromatic heterocycles. The van der Waals surface area contributed by atoms with E-state index in [0.29, 0.717) is 18.2 Å². The zero-order chi connectivity index (χ0) is 17.9. The number of carbonyl (C=O) groups excluding carboxylic acids is 1. The Labute approximate surface area is 162 Å². The first-order valence-corrected chi connectivity index (χ1v) is 10.2. The van der Waals surface area contributed by atoms with Gasteiger partial charge in [0.15, 0.2) is 0 Å². The number of fused-ring (bicyclic) bond motifs is 1. The molecule has 138 valence electrons. The van der Waals surface area contributed by atoms with Gasteiger partial charge in [-0.25, -0.2) is 0 Å². The molecule has 1 N–H and O–H groups in total. The summed E-state index contributed by atoms with van der Waals surface area (Å²) in [6, 6.07) is 9.52. The number of thiophene rings is 1. The van der Waals surface area contributed by atoms with E-state index < -0.39 is 0 Å². The number of likely N-dealkylation sites (tertiary alicyclic amines) is 1. The highest BCUT2D eigenvalue weighted by Gasteiger charge is 2.22. The number of benzene rings is 1. The minimum atomic E-state index is 0.0000222. The molecule has 3 heterocycles.